The van der Waals surface area contributed by atoms with Crippen LogP contribution in [0.1, 0.15) is 24.8 Å². The molecule has 0 N–H and O–H groups in total. The van der Waals surface area contributed by atoms with E-state index in [1.165, 1.54) is 31.2 Å². The SMILES string of the molecule is O=c1ccn(CN2CCC(CCc3ccccc3)CC2)c2c(Br)cccc12. The number of aryl methyl sites for hydroxylation is 1. The minimum Gasteiger partial charge on any atom is -0.333 e. The number of aromatic nitrogens is 1. The minimum atomic E-state index is 0.0853. The average molecular weight is 425 g/mol. The molecule has 3 aromatic rings. The van der Waals surface area contributed by atoms with E-state index >= 15 is 0 Å². The Morgan fingerprint density at radius 1 is 0.963 bits per heavy atom. The number of benzene rings is 2. The lowest BCUT2D eigenvalue weighted by Crippen LogP contribution is -2.35. The summed E-state index contributed by atoms with van der Waals surface area (Å²) in [4.78, 5) is 14.7. The van der Waals surface area contributed by atoms with Crippen molar-refractivity contribution in [2.45, 2.75) is 32.4 Å². The van der Waals surface area contributed by atoms with E-state index in [0.29, 0.717) is 0 Å². The lowest BCUT2D eigenvalue weighted by Gasteiger charge is -2.33. The third kappa shape index (κ3) is 4.33. The molecule has 1 aliphatic heterocycles. The van der Waals surface area contributed by atoms with Crippen LogP contribution in [0.4, 0.5) is 0 Å². The number of hydrogen-bond donors (Lipinski definition) is 0. The number of fused-ring (bicyclic) bond motifs is 1. The summed E-state index contributed by atoms with van der Waals surface area (Å²) in [7, 11) is 0. The van der Waals surface area contributed by atoms with Crippen molar-refractivity contribution in [1.29, 1.82) is 0 Å². The van der Waals surface area contributed by atoms with Gasteiger partial charge in [-0.25, -0.2) is 0 Å². The highest BCUT2D eigenvalue weighted by molar-refractivity contribution is 9.10. The Labute approximate surface area is 168 Å². The fraction of sp³-hybridized carbons (Fsp3) is 0.348. The highest BCUT2D eigenvalue weighted by Crippen LogP contribution is 2.25. The van der Waals surface area contributed by atoms with Crippen molar-refractivity contribution in [1.82, 2.24) is 9.47 Å². The molecule has 140 valence electrons. The molecule has 0 radical (unpaired) electrons. The van der Waals surface area contributed by atoms with Crippen molar-refractivity contribution < 1.29 is 0 Å². The summed E-state index contributed by atoms with van der Waals surface area (Å²) >= 11 is 3.62. The third-order valence-corrected chi connectivity index (χ3v) is 6.33. The van der Waals surface area contributed by atoms with Gasteiger partial charge in [0.2, 0.25) is 0 Å². The van der Waals surface area contributed by atoms with Gasteiger partial charge < -0.3 is 4.57 Å². The van der Waals surface area contributed by atoms with Crippen LogP contribution in [0, 0.1) is 5.92 Å². The van der Waals surface area contributed by atoms with Crippen molar-refractivity contribution >= 4 is 26.8 Å². The van der Waals surface area contributed by atoms with E-state index in [4.69, 9.17) is 0 Å². The number of nitrogens with zero attached hydrogens (tertiary/aromatic N) is 2. The Bertz CT molecular complexity index is 959. The van der Waals surface area contributed by atoms with Gasteiger partial charge in [0.1, 0.15) is 0 Å². The lowest BCUT2D eigenvalue weighted by atomic mass is 9.91. The Hall–Kier alpha value is -1.91. The zero-order valence-corrected chi connectivity index (χ0v) is 17.1. The summed E-state index contributed by atoms with van der Waals surface area (Å²) < 4.78 is 3.18. The Kier molecular flexibility index (Phi) is 5.74. The highest BCUT2D eigenvalue weighted by Gasteiger charge is 2.19. The minimum absolute atomic E-state index is 0.0853. The second-order valence-electron chi connectivity index (χ2n) is 7.51. The van der Waals surface area contributed by atoms with Crippen molar-refractivity contribution in [3.05, 3.63) is 81.1 Å². The zero-order valence-electron chi connectivity index (χ0n) is 15.5. The third-order valence-electron chi connectivity index (χ3n) is 5.69. The van der Waals surface area contributed by atoms with Gasteiger partial charge in [-0.1, -0.05) is 36.4 Å². The van der Waals surface area contributed by atoms with Crippen LogP contribution in [-0.4, -0.2) is 22.6 Å². The Morgan fingerprint density at radius 3 is 2.52 bits per heavy atom. The van der Waals surface area contributed by atoms with Gasteiger partial charge in [0.15, 0.2) is 5.43 Å². The van der Waals surface area contributed by atoms with Crippen LogP contribution in [0.2, 0.25) is 0 Å². The van der Waals surface area contributed by atoms with Crippen LogP contribution in [0.25, 0.3) is 10.9 Å². The first-order valence-corrected chi connectivity index (χ1v) is 10.5. The van der Waals surface area contributed by atoms with Crippen LogP contribution >= 0.6 is 15.9 Å². The first-order valence-electron chi connectivity index (χ1n) is 9.74. The summed E-state index contributed by atoms with van der Waals surface area (Å²) in [6.07, 6.45) is 6.91. The van der Waals surface area contributed by atoms with Crippen LogP contribution < -0.4 is 5.43 Å². The molecule has 4 rings (SSSR count). The Morgan fingerprint density at radius 2 is 1.74 bits per heavy atom. The number of halogens is 1. The maximum atomic E-state index is 12.2. The molecule has 27 heavy (non-hydrogen) atoms. The molecule has 0 spiro atoms. The predicted molar refractivity (Wildman–Crippen MR) is 115 cm³/mol. The number of likely N-dealkylation sites (tertiary alicyclic amines) is 1. The van der Waals surface area contributed by atoms with E-state index in [9.17, 15) is 4.79 Å². The second kappa shape index (κ2) is 8.41. The lowest BCUT2D eigenvalue weighted by molar-refractivity contribution is 0.146. The number of rotatable bonds is 5. The predicted octanol–water partition coefficient (Wildman–Crippen LogP) is 5.07. The van der Waals surface area contributed by atoms with Crippen molar-refractivity contribution in [2.24, 2.45) is 5.92 Å². The molecule has 1 saturated heterocycles. The van der Waals surface area contributed by atoms with Gasteiger partial charge in [-0.3, -0.25) is 9.69 Å². The molecule has 0 saturated carbocycles. The number of hydrogen-bond acceptors (Lipinski definition) is 2. The van der Waals surface area contributed by atoms with Gasteiger partial charge in [0, 0.05) is 35.2 Å². The summed E-state index contributed by atoms with van der Waals surface area (Å²) in [6, 6.07) is 18.3. The molecular weight excluding hydrogens is 400 g/mol. The number of para-hydroxylation sites is 1. The monoisotopic (exact) mass is 424 g/mol. The van der Waals surface area contributed by atoms with Crippen molar-refractivity contribution in [3.63, 3.8) is 0 Å². The quantitative estimate of drug-likeness (QED) is 0.571. The van der Waals surface area contributed by atoms with E-state index in [1.807, 2.05) is 24.4 Å². The fourth-order valence-electron chi connectivity index (χ4n) is 4.09. The van der Waals surface area contributed by atoms with Crippen LogP contribution in [0.3, 0.4) is 0 Å². The van der Waals surface area contributed by atoms with Gasteiger partial charge in [0.25, 0.3) is 0 Å². The van der Waals surface area contributed by atoms with Crippen LogP contribution in [0.15, 0.2) is 70.1 Å². The molecule has 0 atom stereocenters. The molecule has 4 heteroatoms. The van der Waals surface area contributed by atoms with E-state index in [1.54, 1.807) is 6.07 Å². The smallest absolute Gasteiger partial charge is 0.189 e. The van der Waals surface area contributed by atoms with Gasteiger partial charge in [-0.2, -0.15) is 0 Å². The first kappa shape index (κ1) is 18.5. The van der Waals surface area contributed by atoms with E-state index in [0.717, 1.165) is 41.1 Å². The topological polar surface area (TPSA) is 25.2 Å². The van der Waals surface area contributed by atoms with Crippen LogP contribution in [0.5, 0.6) is 0 Å². The summed E-state index contributed by atoms with van der Waals surface area (Å²) in [5, 5.41) is 0.782. The Balaban J connectivity index is 1.38. The fourth-order valence-corrected chi connectivity index (χ4v) is 4.69. The van der Waals surface area contributed by atoms with Crippen molar-refractivity contribution in [2.75, 3.05) is 13.1 Å². The molecule has 2 aromatic carbocycles. The largest absolute Gasteiger partial charge is 0.333 e. The van der Waals surface area contributed by atoms with Crippen molar-refractivity contribution in [3.8, 4) is 0 Å². The maximum Gasteiger partial charge on any atom is 0.189 e. The van der Waals surface area contributed by atoms with Gasteiger partial charge in [-0.05, 0) is 65.2 Å². The molecule has 1 fully saturated rings. The summed E-state index contributed by atoms with van der Waals surface area (Å²) in [6.45, 7) is 3.08. The second-order valence-corrected chi connectivity index (χ2v) is 8.37. The molecule has 0 bridgehead atoms. The summed E-state index contributed by atoms with van der Waals surface area (Å²) in [5.74, 6) is 0.818. The van der Waals surface area contributed by atoms with E-state index in [-0.39, 0.29) is 5.43 Å². The normalized spacial score (nSPS) is 16.0. The van der Waals surface area contributed by atoms with E-state index in [2.05, 4.69) is 55.7 Å². The molecule has 1 aliphatic rings. The number of pyridine rings is 1. The molecular formula is C23H25BrN2O. The molecule has 0 amide bonds. The average Bonchev–Trinajstić information content (AvgIpc) is 2.71. The molecule has 0 aliphatic carbocycles. The van der Waals surface area contributed by atoms with E-state index < -0.39 is 0 Å². The highest BCUT2D eigenvalue weighted by atomic mass is 79.9. The number of piperidine rings is 1. The van der Waals surface area contributed by atoms with Gasteiger partial charge in [-0.15, -0.1) is 0 Å². The summed E-state index contributed by atoms with van der Waals surface area (Å²) in [5.41, 5.74) is 2.53. The van der Waals surface area contributed by atoms with Gasteiger partial charge >= 0.3 is 0 Å². The van der Waals surface area contributed by atoms with Crippen LogP contribution in [-0.2, 0) is 13.1 Å². The zero-order chi connectivity index (χ0) is 18.6. The first-order chi connectivity index (χ1) is 13.2. The molecule has 0 unspecified atom stereocenters. The molecule has 3 nitrogen and oxygen atoms in total. The molecule has 1 aromatic heterocycles. The maximum absolute atomic E-state index is 12.2. The molecule has 2 heterocycles. The van der Waals surface area contributed by atoms with Gasteiger partial charge in [0.05, 0.1) is 12.2 Å². The standard InChI is InChI=1S/C23H25BrN2O/c24-21-8-4-7-20-22(27)13-16-26(23(20)21)17-25-14-11-19(12-15-25)10-9-18-5-2-1-3-6-18/h1-8,13,16,19H,9-12,14-15,17H2.